The van der Waals surface area contributed by atoms with Gasteiger partial charge in [-0.1, -0.05) is 6.07 Å². The van der Waals surface area contributed by atoms with E-state index in [4.69, 9.17) is 4.74 Å². The summed E-state index contributed by atoms with van der Waals surface area (Å²) >= 11 is 0. The third-order valence-corrected chi connectivity index (χ3v) is 5.46. The number of ether oxygens (including phenoxy) is 1. The summed E-state index contributed by atoms with van der Waals surface area (Å²) in [6.07, 6.45) is 0.519. The highest BCUT2D eigenvalue weighted by Crippen LogP contribution is 2.26. The van der Waals surface area contributed by atoms with Crippen LogP contribution in [0.5, 0.6) is 5.75 Å². The van der Waals surface area contributed by atoms with Gasteiger partial charge in [0.2, 0.25) is 0 Å². The fourth-order valence-corrected chi connectivity index (χ4v) is 3.77. The highest BCUT2D eigenvalue weighted by atomic mass is 16.5. The number of nitrogens with zero attached hydrogens (tertiary/aromatic N) is 4. The number of methoxy groups -OCH3 is 1. The summed E-state index contributed by atoms with van der Waals surface area (Å²) in [5.41, 5.74) is 5.81. The maximum absolute atomic E-state index is 10.4. The second-order valence-corrected chi connectivity index (χ2v) is 7.80. The largest absolute Gasteiger partial charge is 0.496 e. The zero-order valence-electron chi connectivity index (χ0n) is 17.2. The van der Waals surface area contributed by atoms with Crippen LogP contribution >= 0.6 is 0 Å². The number of hydrogen-bond donors (Lipinski definition) is 1. The zero-order valence-corrected chi connectivity index (χ0v) is 17.2. The number of aryl methyl sites for hydroxylation is 1. The van der Waals surface area contributed by atoms with Crippen LogP contribution in [-0.4, -0.2) is 59.0 Å². The fraction of sp³-hybridized carbons (Fsp3) is 0.571. The molecule has 1 aromatic carbocycles. The molecule has 0 unspecified atom stereocenters. The SMILES string of the molecule is COc1ccc(CN2CCCn3nc([C@H](O)CN(C)C)cc3C2)c(C)c1C. The van der Waals surface area contributed by atoms with Crippen molar-refractivity contribution in [1.29, 1.82) is 0 Å². The Bertz CT molecular complexity index is 785. The average molecular weight is 373 g/mol. The third-order valence-electron chi connectivity index (χ3n) is 5.46. The van der Waals surface area contributed by atoms with E-state index in [-0.39, 0.29) is 0 Å². The van der Waals surface area contributed by atoms with Gasteiger partial charge < -0.3 is 14.7 Å². The molecule has 6 heteroatoms. The summed E-state index contributed by atoms with van der Waals surface area (Å²) in [6.45, 7) is 8.59. The second-order valence-electron chi connectivity index (χ2n) is 7.80. The number of rotatable bonds is 6. The molecule has 1 atom stereocenters. The lowest BCUT2D eigenvalue weighted by atomic mass is 10.0. The van der Waals surface area contributed by atoms with Gasteiger partial charge >= 0.3 is 0 Å². The van der Waals surface area contributed by atoms with Crippen LogP contribution in [-0.2, 0) is 19.6 Å². The summed E-state index contributed by atoms with van der Waals surface area (Å²) < 4.78 is 7.51. The van der Waals surface area contributed by atoms with E-state index in [1.807, 2.05) is 19.0 Å². The number of aliphatic hydroxyl groups excluding tert-OH is 1. The topological polar surface area (TPSA) is 53.8 Å². The van der Waals surface area contributed by atoms with Crippen molar-refractivity contribution in [2.45, 2.75) is 46.0 Å². The molecule has 148 valence electrons. The standard InChI is InChI=1S/C21H32N4O2/c1-15-16(2)21(27-5)8-7-17(15)12-24-9-6-10-25-18(13-24)11-19(22-25)20(26)14-23(3)4/h7-8,11,20,26H,6,9-10,12-14H2,1-5H3/t20-/m1/s1. The zero-order chi connectivity index (χ0) is 19.6. The molecular formula is C21H32N4O2. The Morgan fingerprint density at radius 3 is 2.70 bits per heavy atom. The molecular weight excluding hydrogens is 340 g/mol. The van der Waals surface area contributed by atoms with E-state index < -0.39 is 6.10 Å². The maximum atomic E-state index is 10.4. The second kappa shape index (κ2) is 8.42. The molecule has 27 heavy (non-hydrogen) atoms. The lowest BCUT2D eigenvalue weighted by Gasteiger charge is -2.22. The number of benzene rings is 1. The molecule has 0 saturated carbocycles. The normalized spacial score (nSPS) is 16.3. The first-order valence-corrected chi connectivity index (χ1v) is 9.64. The van der Waals surface area contributed by atoms with E-state index in [0.717, 1.165) is 44.0 Å². The molecule has 2 heterocycles. The molecule has 3 rings (SSSR count). The van der Waals surface area contributed by atoms with Gasteiger partial charge in [-0.05, 0) is 63.2 Å². The van der Waals surface area contributed by atoms with Crippen LogP contribution in [0.15, 0.2) is 18.2 Å². The van der Waals surface area contributed by atoms with Crippen LogP contribution < -0.4 is 4.74 Å². The molecule has 0 saturated heterocycles. The predicted molar refractivity (Wildman–Crippen MR) is 107 cm³/mol. The highest BCUT2D eigenvalue weighted by Gasteiger charge is 2.21. The number of aliphatic hydroxyl groups is 1. The average Bonchev–Trinajstić information content (AvgIpc) is 2.92. The minimum atomic E-state index is -0.542. The van der Waals surface area contributed by atoms with E-state index in [0.29, 0.717) is 6.54 Å². The number of likely N-dealkylation sites (N-methyl/N-ethyl adjacent to an activating group) is 1. The van der Waals surface area contributed by atoms with Gasteiger partial charge in [0.05, 0.1) is 18.5 Å². The molecule has 0 fully saturated rings. The van der Waals surface area contributed by atoms with Crippen molar-refractivity contribution in [3.63, 3.8) is 0 Å². The van der Waals surface area contributed by atoms with Crippen LogP contribution in [0.1, 0.15) is 40.6 Å². The van der Waals surface area contributed by atoms with Crippen LogP contribution in [0.4, 0.5) is 0 Å². The Morgan fingerprint density at radius 1 is 1.22 bits per heavy atom. The first kappa shape index (κ1) is 19.9. The molecule has 1 aliphatic heterocycles. The number of aromatic nitrogens is 2. The smallest absolute Gasteiger partial charge is 0.122 e. The fourth-order valence-electron chi connectivity index (χ4n) is 3.77. The van der Waals surface area contributed by atoms with Crippen molar-refractivity contribution in [3.8, 4) is 5.75 Å². The van der Waals surface area contributed by atoms with Gasteiger partial charge in [-0.25, -0.2) is 0 Å². The summed E-state index contributed by atoms with van der Waals surface area (Å²) in [6, 6.07) is 6.31. The lowest BCUT2D eigenvalue weighted by Crippen LogP contribution is -2.23. The summed E-state index contributed by atoms with van der Waals surface area (Å²) in [5, 5.41) is 15.0. The van der Waals surface area contributed by atoms with E-state index in [9.17, 15) is 5.11 Å². The summed E-state index contributed by atoms with van der Waals surface area (Å²) in [7, 11) is 5.65. The molecule has 0 bridgehead atoms. The summed E-state index contributed by atoms with van der Waals surface area (Å²) in [4.78, 5) is 4.45. The minimum absolute atomic E-state index is 0.542. The molecule has 6 nitrogen and oxygen atoms in total. The first-order valence-electron chi connectivity index (χ1n) is 9.64. The number of fused-ring (bicyclic) bond motifs is 1. The van der Waals surface area contributed by atoms with E-state index >= 15 is 0 Å². The monoisotopic (exact) mass is 372 g/mol. The predicted octanol–water partition coefficient (Wildman–Crippen LogP) is 2.51. The van der Waals surface area contributed by atoms with Gasteiger partial charge in [0.15, 0.2) is 0 Å². The van der Waals surface area contributed by atoms with E-state index in [2.05, 4.69) is 46.7 Å². The van der Waals surface area contributed by atoms with Gasteiger partial charge in [-0.3, -0.25) is 9.58 Å². The molecule has 1 aromatic heterocycles. The highest BCUT2D eigenvalue weighted by molar-refractivity contribution is 5.43. The molecule has 0 amide bonds. The van der Waals surface area contributed by atoms with Crippen molar-refractivity contribution in [2.75, 3.05) is 34.3 Å². The van der Waals surface area contributed by atoms with Crippen LogP contribution in [0.3, 0.4) is 0 Å². The van der Waals surface area contributed by atoms with E-state index in [1.54, 1.807) is 7.11 Å². The van der Waals surface area contributed by atoms with Gasteiger partial charge in [0.25, 0.3) is 0 Å². The quantitative estimate of drug-likeness (QED) is 0.844. The number of hydrogen-bond acceptors (Lipinski definition) is 5. The molecule has 2 aromatic rings. The van der Waals surface area contributed by atoms with Crippen molar-refractivity contribution in [2.24, 2.45) is 0 Å². The first-order chi connectivity index (χ1) is 12.9. The van der Waals surface area contributed by atoms with Gasteiger partial charge in [0, 0.05) is 32.7 Å². The van der Waals surface area contributed by atoms with Crippen molar-refractivity contribution in [3.05, 3.63) is 46.3 Å². The van der Waals surface area contributed by atoms with Crippen molar-refractivity contribution in [1.82, 2.24) is 19.6 Å². The van der Waals surface area contributed by atoms with Crippen molar-refractivity contribution >= 4 is 0 Å². The summed E-state index contributed by atoms with van der Waals surface area (Å²) in [5.74, 6) is 0.949. The molecule has 1 N–H and O–H groups in total. The lowest BCUT2D eigenvalue weighted by molar-refractivity contribution is 0.133. The Balaban J connectivity index is 1.75. The Hall–Kier alpha value is -1.89. The molecule has 0 spiro atoms. The van der Waals surface area contributed by atoms with Gasteiger partial charge in [0.1, 0.15) is 11.9 Å². The molecule has 0 radical (unpaired) electrons. The van der Waals surface area contributed by atoms with E-state index in [1.165, 1.54) is 22.4 Å². The van der Waals surface area contributed by atoms with Crippen LogP contribution in [0.25, 0.3) is 0 Å². The van der Waals surface area contributed by atoms with Crippen LogP contribution in [0, 0.1) is 13.8 Å². The molecule has 1 aliphatic rings. The van der Waals surface area contributed by atoms with Crippen molar-refractivity contribution < 1.29 is 9.84 Å². The Morgan fingerprint density at radius 2 is 2.00 bits per heavy atom. The Labute approximate surface area is 162 Å². The molecule has 0 aliphatic carbocycles. The van der Waals surface area contributed by atoms with Gasteiger partial charge in [-0.2, -0.15) is 5.10 Å². The third kappa shape index (κ3) is 4.51. The van der Waals surface area contributed by atoms with Crippen LogP contribution in [0.2, 0.25) is 0 Å². The van der Waals surface area contributed by atoms with Gasteiger partial charge in [-0.15, -0.1) is 0 Å². The Kier molecular flexibility index (Phi) is 6.19. The maximum Gasteiger partial charge on any atom is 0.122 e. The minimum Gasteiger partial charge on any atom is -0.496 e.